The van der Waals surface area contributed by atoms with Crippen LogP contribution in [0.3, 0.4) is 0 Å². The number of carbonyl (C=O) groups is 1. The number of thiazole rings is 1. The molecule has 0 aliphatic carbocycles. The van der Waals surface area contributed by atoms with Crippen LogP contribution >= 0.6 is 35.3 Å². The lowest BCUT2D eigenvalue weighted by Crippen LogP contribution is -2.36. The quantitative estimate of drug-likeness (QED) is 0.362. The minimum absolute atomic E-state index is 0.109. The Hall–Kier alpha value is -3.66. The molecule has 37 heavy (non-hydrogen) atoms. The van der Waals surface area contributed by atoms with Crippen molar-refractivity contribution in [3.05, 3.63) is 104 Å². The molecular formula is C28H22N4O2S3. The highest BCUT2D eigenvalue weighted by atomic mass is 32.2. The molecule has 0 atom stereocenters. The van der Waals surface area contributed by atoms with Crippen molar-refractivity contribution in [3.63, 3.8) is 0 Å². The van der Waals surface area contributed by atoms with Crippen LogP contribution in [0.5, 0.6) is 0 Å². The summed E-state index contributed by atoms with van der Waals surface area (Å²) in [5.74, 6) is -0.254. The molecule has 2 aliphatic rings. The van der Waals surface area contributed by atoms with E-state index in [-0.39, 0.29) is 11.5 Å². The Morgan fingerprint density at radius 3 is 2.03 bits per heavy atom. The standard InChI is InChI=1S/C28H22N4O2S3/c1-3-30-25(34)23(27-29(2)20-16-10-11-17-21(20)36-27)37-26(30)22-24(33)32(19-14-8-5-9-15-19)28(35)31(22)18-12-6-4-7-13-18/h4-17H,3H2,1-2H3/b26-22-,27-23-. The van der Waals surface area contributed by atoms with Gasteiger partial charge in [0.25, 0.3) is 11.5 Å². The molecule has 1 amide bonds. The Morgan fingerprint density at radius 1 is 0.811 bits per heavy atom. The summed E-state index contributed by atoms with van der Waals surface area (Å²) in [5.41, 5.74) is 2.80. The molecule has 184 valence electrons. The van der Waals surface area contributed by atoms with Crippen LogP contribution in [0, 0.1) is 0 Å². The zero-order valence-corrected chi connectivity index (χ0v) is 22.6. The summed E-state index contributed by atoms with van der Waals surface area (Å²) in [6.45, 7) is 2.35. The molecule has 0 spiro atoms. The van der Waals surface area contributed by atoms with E-state index in [1.54, 1.807) is 26.1 Å². The maximum Gasteiger partial charge on any atom is 0.284 e. The van der Waals surface area contributed by atoms with Gasteiger partial charge in [-0.1, -0.05) is 60.3 Å². The van der Waals surface area contributed by atoms with Gasteiger partial charge in [-0.15, -0.1) is 11.3 Å². The second kappa shape index (κ2) is 9.33. The molecule has 2 aliphatic heterocycles. The topological polar surface area (TPSA) is 48.8 Å². The van der Waals surface area contributed by atoms with Gasteiger partial charge in [-0.2, -0.15) is 0 Å². The molecule has 3 aromatic carbocycles. The first-order valence-electron chi connectivity index (χ1n) is 11.8. The van der Waals surface area contributed by atoms with Crippen LogP contribution in [0.2, 0.25) is 0 Å². The molecule has 1 aromatic heterocycles. The molecule has 0 unspecified atom stereocenters. The van der Waals surface area contributed by atoms with Gasteiger partial charge in [0, 0.05) is 24.2 Å². The first-order valence-corrected chi connectivity index (χ1v) is 13.8. The molecule has 3 heterocycles. The van der Waals surface area contributed by atoms with Crippen molar-refractivity contribution >= 4 is 74.1 Å². The Kier molecular flexibility index (Phi) is 5.98. The van der Waals surface area contributed by atoms with Crippen LogP contribution in [0.1, 0.15) is 6.92 Å². The van der Waals surface area contributed by atoms with E-state index in [9.17, 15) is 9.59 Å². The SMILES string of the molecule is CCn1c(=O)/c(=C2/Sc3ccccc3N2C)s/c1=C1/C(=O)N(c2ccccc2)C(=S)N1c1ccccc1. The van der Waals surface area contributed by atoms with E-state index in [0.29, 0.717) is 32.2 Å². The van der Waals surface area contributed by atoms with Crippen LogP contribution in [-0.2, 0) is 11.3 Å². The second-order valence-corrected chi connectivity index (χ2v) is 10.9. The van der Waals surface area contributed by atoms with Gasteiger partial charge in [0.2, 0.25) is 0 Å². The minimum atomic E-state index is -0.254. The van der Waals surface area contributed by atoms with Crippen LogP contribution in [0.15, 0.2) is 94.6 Å². The van der Waals surface area contributed by atoms with Crippen molar-refractivity contribution in [2.24, 2.45) is 0 Å². The van der Waals surface area contributed by atoms with Crippen molar-refractivity contribution in [2.75, 3.05) is 21.7 Å². The number of thiocarbonyl (C=S) groups is 1. The minimum Gasteiger partial charge on any atom is -0.337 e. The van der Waals surface area contributed by atoms with E-state index in [1.165, 1.54) is 11.3 Å². The lowest BCUT2D eigenvalue weighted by Gasteiger charge is -2.20. The first-order chi connectivity index (χ1) is 18.0. The van der Waals surface area contributed by atoms with Gasteiger partial charge in [-0.05, 0) is 55.5 Å². The summed E-state index contributed by atoms with van der Waals surface area (Å²) in [4.78, 5) is 34.3. The number of hydrogen-bond acceptors (Lipinski definition) is 6. The van der Waals surface area contributed by atoms with Crippen molar-refractivity contribution in [3.8, 4) is 0 Å². The summed E-state index contributed by atoms with van der Waals surface area (Å²) in [6, 6.07) is 27.1. The van der Waals surface area contributed by atoms with Crippen LogP contribution in [0.4, 0.5) is 17.1 Å². The largest absolute Gasteiger partial charge is 0.337 e. The highest BCUT2D eigenvalue weighted by molar-refractivity contribution is 8.08. The van der Waals surface area contributed by atoms with Gasteiger partial charge in [-0.25, -0.2) is 0 Å². The molecule has 6 rings (SSSR count). The summed E-state index contributed by atoms with van der Waals surface area (Å²) in [5, 5.41) is 1.22. The third-order valence-electron chi connectivity index (χ3n) is 6.37. The van der Waals surface area contributed by atoms with Gasteiger partial charge < -0.3 is 4.90 Å². The Labute approximate surface area is 227 Å². The fraction of sp³-hybridized carbons (Fsp3) is 0.107. The smallest absolute Gasteiger partial charge is 0.284 e. The number of carbonyl (C=O) groups excluding carboxylic acids is 1. The predicted molar refractivity (Wildman–Crippen MR) is 156 cm³/mol. The molecule has 0 radical (unpaired) electrons. The molecule has 0 saturated carbocycles. The maximum absolute atomic E-state index is 14.1. The van der Waals surface area contributed by atoms with Gasteiger partial charge in [0.1, 0.15) is 19.9 Å². The number of nitrogens with zero attached hydrogens (tertiary/aromatic N) is 4. The third kappa shape index (κ3) is 3.73. The average molecular weight is 543 g/mol. The Bertz CT molecular complexity index is 1730. The molecule has 9 heteroatoms. The van der Waals surface area contributed by atoms with E-state index in [4.69, 9.17) is 12.2 Å². The van der Waals surface area contributed by atoms with E-state index in [1.807, 2.05) is 97.7 Å². The highest BCUT2D eigenvalue weighted by Crippen LogP contribution is 2.45. The Balaban J connectivity index is 1.65. The molecule has 4 aromatic rings. The zero-order chi connectivity index (χ0) is 25.7. The van der Waals surface area contributed by atoms with Crippen LogP contribution < -0.4 is 29.5 Å². The molecule has 6 nitrogen and oxygen atoms in total. The number of rotatable bonds is 3. The van der Waals surface area contributed by atoms with Crippen molar-refractivity contribution in [1.82, 2.24) is 4.57 Å². The number of fused-ring (bicyclic) bond motifs is 1. The van der Waals surface area contributed by atoms with Crippen molar-refractivity contribution < 1.29 is 4.79 Å². The fourth-order valence-corrected chi connectivity index (χ4v) is 7.53. The summed E-state index contributed by atoms with van der Waals surface area (Å²) >= 11 is 8.81. The van der Waals surface area contributed by atoms with Crippen LogP contribution in [0.25, 0.3) is 10.7 Å². The molecule has 1 saturated heterocycles. The summed E-state index contributed by atoms with van der Waals surface area (Å²) in [6.07, 6.45) is 0. The number of amides is 1. The number of para-hydroxylation sites is 3. The van der Waals surface area contributed by atoms with Crippen molar-refractivity contribution in [2.45, 2.75) is 18.4 Å². The van der Waals surface area contributed by atoms with E-state index in [2.05, 4.69) is 6.07 Å². The summed E-state index contributed by atoms with van der Waals surface area (Å²) < 4.78 is 2.89. The summed E-state index contributed by atoms with van der Waals surface area (Å²) in [7, 11) is 1.97. The zero-order valence-electron chi connectivity index (χ0n) is 20.1. The Morgan fingerprint density at radius 2 is 1.41 bits per heavy atom. The second-order valence-electron chi connectivity index (χ2n) is 8.50. The van der Waals surface area contributed by atoms with E-state index in [0.717, 1.165) is 21.3 Å². The monoisotopic (exact) mass is 542 g/mol. The number of benzene rings is 3. The normalized spacial score (nSPS) is 18.2. The first kappa shape index (κ1) is 23.7. The molecule has 1 fully saturated rings. The van der Waals surface area contributed by atoms with Crippen LogP contribution in [-0.4, -0.2) is 22.6 Å². The molecule has 0 N–H and O–H groups in total. The third-order valence-corrected chi connectivity index (χ3v) is 9.28. The fourth-order valence-electron chi connectivity index (χ4n) is 4.60. The number of hydrogen-bond donors (Lipinski definition) is 0. The molecule has 0 bridgehead atoms. The lowest BCUT2D eigenvalue weighted by atomic mass is 10.3. The van der Waals surface area contributed by atoms with Gasteiger partial charge in [0.05, 0.1) is 11.4 Å². The highest BCUT2D eigenvalue weighted by Gasteiger charge is 2.41. The number of aromatic nitrogens is 1. The van der Waals surface area contributed by atoms with Gasteiger partial charge in [0.15, 0.2) is 5.11 Å². The number of thioether (sulfide) groups is 1. The van der Waals surface area contributed by atoms with Crippen molar-refractivity contribution in [1.29, 1.82) is 0 Å². The van der Waals surface area contributed by atoms with Gasteiger partial charge >= 0.3 is 0 Å². The van der Waals surface area contributed by atoms with E-state index >= 15 is 0 Å². The average Bonchev–Trinajstić information content (AvgIpc) is 3.52. The number of anilines is 3. The predicted octanol–water partition coefficient (Wildman–Crippen LogP) is 4.18. The lowest BCUT2D eigenvalue weighted by molar-refractivity contribution is -0.112. The van der Waals surface area contributed by atoms with Gasteiger partial charge in [-0.3, -0.25) is 24.0 Å². The molecular weight excluding hydrogens is 521 g/mol. The maximum atomic E-state index is 14.1. The van der Waals surface area contributed by atoms with E-state index < -0.39 is 0 Å².